The van der Waals surface area contributed by atoms with Gasteiger partial charge in [0.1, 0.15) is 0 Å². The van der Waals surface area contributed by atoms with Crippen LogP contribution in [0.2, 0.25) is 0 Å². The number of halogens is 1. The molecule has 0 saturated carbocycles. The van der Waals surface area contributed by atoms with Gasteiger partial charge in [-0.3, -0.25) is 0 Å². The van der Waals surface area contributed by atoms with Crippen molar-refractivity contribution >= 4 is 21.6 Å². The average molecular weight is 340 g/mol. The molecule has 1 atom stereocenters. The van der Waals surface area contributed by atoms with Gasteiger partial charge >= 0.3 is 0 Å². The first-order valence-corrected chi connectivity index (χ1v) is 7.29. The number of tetrazole rings is 1. The maximum absolute atomic E-state index is 5.92. The molecule has 0 spiro atoms. The zero-order valence-electron chi connectivity index (χ0n) is 11.6. The molecule has 0 aliphatic carbocycles. The molecule has 1 unspecified atom stereocenters. The molecular weight excluding hydrogens is 322 g/mol. The number of rotatable bonds is 6. The second kappa shape index (κ2) is 6.81. The van der Waals surface area contributed by atoms with Gasteiger partial charge in [0, 0.05) is 18.4 Å². The van der Waals surface area contributed by atoms with E-state index < -0.39 is 0 Å². The Bertz CT molecular complexity index is 566. The summed E-state index contributed by atoms with van der Waals surface area (Å²) in [5, 5.41) is 12.0. The van der Waals surface area contributed by atoms with Crippen LogP contribution in [0.15, 0.2) is 22.7 Å². The molecule has 2 aromatic rings. The molecule has 1 heterocycles. The molecule has 2 N–H and O–H groups in total. The number of benzene rings is 1. The Morgan fingerprint density at radius 2 is 2.25 bits per heavy atom. The predicted octanol–water partition coefficient (Wildman–Crippen LogP) is 2.67. The van der Waals surface area contributed by atoms with Crippen LogP contribution in [0, 0.1) is 0 Å². The van der Waals surface area contributed by atoms with Crippen LogP contribution in [-0.4, -0.2) is 33.9 Å². The van der Waals surface area contributed by atoms with Crippen LogP contribution >= 0.6 is 15.9 Å². The van der Waals surface area contributed by atoms with E-state index in [2.05, 4.69) is 38.4 Å². The van der Waals surface area contributed by atoms with Gasteiger partial charge in [0.2, 0.25) is 0 Å². The van der Waals surface area contributed by atoms with Crippen molar-refractivity contribution in [3.05, 3.63) is 22.7 Å². The number of aromatic nitrogens is 4. The minimum absolute atomic E-state index is 0.114. The van der Waals surface area contributed by atoms with Crippen LogP contribution in [0.4, 0.5) is 5.69 Å². The molecule has 0 saturated heterocycles. The van der Waals surface area contributed by atoms with E-state index in [4.69, 9.17) is 10.5 Å². The molecule has 1 aromatic heterocycles. The smallest absolute Gasteiger partial charge is 0.183 e. The summed E-state index contributed by atoms with van der Waals surface area (Å²) in [6.45, 7) is 2.70. The fourth-order valence-corrected chi connectivity index (χ4v) is 2.58. The average Bonchev–Trinajstić information content (AvgIpc) is 2.90. The van der Waals surface area contributed by atoms with Crippen molar-refractivity contribution in [2.45, 2.75) is 25.8 Å². The first kappa shape index (κ1) is 14.9. The topological polar surface area (TPSA) is 78.8 Å². The maximum atomic E-state index is 5.92. The highest BCUT2D eigenvalue weighted by Crippen LogP contribution is 2.32. The number of methoxy groups -OCH3 is 1. The lowest BCUT2D eigenvalue weighted by atomic mass is 10.1. The summed E-state index contributed by atoms with van der Waals surface area (Å²) >= 11 is 3.50. The number of hydrogen-bond acceptors (Lipinski definition) is 5. The largest absolute Gasteiger partial charge is 0.398 e. The van der Waals surface area contributed by atoms with Crippen molar-refractivity contribution in [1.29, 1.82) is 0 Å². The number of nitrogens with zero attached hydrogens (tertiary/aromatic N) is 4. The summed E-state index contributed by atoms with van der Waals surface area (Å²) in [5.41, 5.74) is 7.47. The van der Waals surface area contributed by atoms with Crippen LogP contribution in [0.1, 0.15) is 25.8 Å². The lowest BCUT2D eigenvalue weighted by molar-refractivity contribution is 0.144. The zero-order valence-corrected chi connectivity index (χ0v) is 13.2. The Morgan fingerprint density at radius 1 is 1.45 bits per heavy atom. The number of nitrogen functional groups attached to an aromatic ring is 1. The maximum Gasteiger partial charge on any atom is 0.183 e. The van der Waals surface area contributed by atoms with Crippen molar-refractivity contribution in [3.8, 4) is 11.4 Å². The van der Waals surface area contributed by atoms with E-state index in [0.717, 1.165) is 22.9 Å². The third-order valence-corrected chi connectivity index (χ3v) is 3.97. The second-order valence-corrected chi connectivity index (χ2v) is 5.35. The second-order valence-electron chi connectivity index (χ2n) is 4.55. The Morgan fingerprint density at radius 3 is 2.95 bits per heavy atom. The van der Waals surface area contributed by atoms with Crippen molar-refractivity contribution in [1.82, 2.24) is 20.2 Å². The molecular formula is C13H18BrN5O. The first-order valence-electron chi connectivity index (χ1n) is 6.50. The Balaban J connectivity index is 2.43. The summed E-state index contributed by atoms with van der Waals surface area (Å²) in [4.78, 5) is 0. The number of anilines is 1. The molecule has 0 radical (unpaired) electrons. The van der Waals surface area contributed by atoms with Crippen LogP contribution < -0.4 is 5.73 Å². The quantitative estimate of drug-likeness (QED) is 0.818. The predicted molar refractivity (Wildman–Crippen MR) is 81.2 cm³/mol. The minimum Gasteiger partial charge on any atom is -0.398 e. The van der Waals surface area contributed by atoms with E-state index in [0.29, 0.717) is 18.1 Å². The van der Waals surface area contributed by atoms with Gasteiger partial charge in [-0.2, -0.15) is 0 Å². The lowest BCUT2D eigenvalue weighted by Gasteiger charge is -2.17. The molecule has 0 aliphatic rings. The fourth-order valence-electron chi connectivity index (χ4n) is 2.14. The number of hydrogen-bond donors (Lipinski definition) is 1. The van der Waals surface area contributed by atoms with E-state index in [-0.39, 0.29) is 6.04 Å². The Kier molecular flexibility index (Phi) is 5.08. The number of nitrogens with two attached hydrogens (primary N) is 1. The summed E-state index contributed by atoms with van der Waals surface area (Å²) in [6, 6.07) is 5.78. The summed E-state index contributed by atoms with van der Waals surface area (Å²) < 4.78 is 7.89. The monoisotopic (exact) mass is 339 g/mol. The van der Waals surface area contributed by atoms with Gasteiger partial charge in [-0.15, -0.1) is 5.10 Å². The molecule has 1 aromatic carbocycles. The van der Waals surface area contributed by atoms with E-state index in [9.17, 15) is 0 Å². The molecule has 0 fully saturated rings. The van der Waals surface area contributed by atoms with Crippen molar-refractivity contribution in [2.75, 3.05) is 19.5 Å². The highest BCUT2D eigenvalue weighted by Gasteiger charge is 2.19. The normalized spacial score (nSPS) is 12.6. The van der Waals surface area contributed by atoms with Crippen LogP contribution in [0.5, 0.6) is 0 Å². The van der Waals surface area contributed by atoms with Gasteiger partial charge in [-0.05, 0) is 44.9 Å². The van der Waals surface area contributed by atoms with E-state index in [1.165, 1.54) is 0 Å². The van der Waals surface area contributed by atoms with Gasteiger partial charge in [0.05, 0.1) is 17.1 Å². The highest BCUT2D eigenvalue weighted by atomic mass is 79.9. The standard InChI is InChI=1S/C13H18BrN5O/c1-3-5-9(8-20-2)19-13(16-17-18-19)10-6-4-7-11(15)12(10)14/h4,6-7,9H,3,5,8,15H2,1-2H3. The molecule has 108 valence electrons. The molecule has 0 bridgehead atoms. The van der Waals surface area contributed by atoms with Gasteiger partial charge in [0.15, 0.2) is 5.82 Å². The van der Waals surface area contributed by atoms with Crippen LogP contribution in [0.3, 0.4) is 0 Å². The van der Waals surface area contributed by atoms with E-state index in [1.807, 2.05) is 22.9 Å². The third-order valence-electron chi connectivity index (χ3n) is 3.09. The third kappa shape index (κ3) is 2.99. The molecule has 7 heteroatoms. The van der Waals surface area contributed by atoms with Crippen molar-refractivity contribution in [3.63, 3.8) is 0 Å². The first-order chi connectivity index (χ1) is 9.69. The molecule has 0 amide bonds. The number of ether oxygens (including phenoxy) is 1. The zero-order chi connectivity index (χ0) is 14.5. The van der Waals surface area contributed by atoms with Gasteiger partial charge in [0.25, 0.3) is 0 Å². The van der Waals surface area contributed by atoms with Gasteiger partial charge in [-0.1, -0.05) is 19.4 Å². The summed E-state index contributed by atoms with van der Waals surface area (Å²) in [6.07, 6.45) is 1.98. The van der Waals surface area contributed by atoms with Crippen LogP contribution in [0.25, 0.3) is 11.4 Å². The Labute approximate surface area is 126 Å². The van der Waals surface area contributed by atoms with E-state index >= 15 is 0 Å². The summed E-state index contributed by atoms with van der Waals surface area (Å²) in [5.74, 6) is 0.694. The van der Waals surface area contributed by atoms with Crippen molar-refractivity contribution < 1.29 is 4.74 Å². The molecule has 20 heavy (non-hydrogen) atoms. The van der Waals surface area contributed by atoms with E-state index in [1.54, 1.807) is 7.11 Å². The fraction of sp³-hybridized carbons (Fsp3) is 0.462. The van der Waals surface area contributed by atoms with Crippen molar-refractivity contribution in [2.24, 2.45) is 0 Å². The molecule has 0 aliphatic heterocycles. The molecule has 2 rings (SSSR count). The van der Waals surface area contributed by atoms with Crippen LogP contribution in [-0.2, 0) is 4.74 Å². The van der Waals surface area contributed by atoms with Gasteiger partial charge in [-0.25, -0.2) is 4.68 Å². The SMILES string of the molecule is CCCC(COC)n1nnnc1-c1cccc(N)c1Br. The molecule has 6 nitrogen and oxygen atoms in total. The highest BCUT2D eigenvalue weighted by molar-refractivity contribution is 9.10. The summed E-state index contributed by atoms with van der Waals surface area (Å²) in [7, 11) is 1.68. The van der Waals surface area contributed by atoms with Gasteiger partial charge < -0.3 is 10.5 Å². The lowest BCUT2D eigenvalue weighted by Crippen LogP contribution is -2.17. The Hall–Kier alpha value is -1.47. The minimum atomic E-state index is 0.114.